The maximum atomic E-state index is 12.0. The largest absolute Gasteiger partial charge is 0.468 e. The molecule has 0 saturated heterocycles. The van der Waals surface area contributed by atoms with Crippen molar-refractivity contribution in [1.29, 1.82) is 5.26 Å². The van der Waals surface area contributed by atoms with E-state index in [4.69, 9.17) is 10.00 Å². The normalized spacial score (nSPS) is 15.8. The summed E-state index contributed by atoms with van der Waals surface area (Å²) in [5.41, 5.74) is 1.12. The van der Waals surface area contributed by atoms with Crippen LogP contribution in [0.2, 0.25) is 0 Å². The average molecular weight is 251 g/mol. The molecule has 3 rings (SSSR count). The van der Waals surface area contributed by atoms with E-state index in [1.165, 1.54) is 7.11 Å². The van der Waals surface area contributed by atoms with E-state index in [0.29, 0.717) is 5.56 Å². The SMILES string of the molecule is COC(=O)C1(c2ccc(C#N)c3ccccc23)CC1. The highest BCUT2D eigenvalue weighted by Gasteiger charge is 2.53. The van der Waals surface area contributed by atoms with E-state index < -0.39 is 5.41 Å². The van der Waals surface area contributed by atoms with Crippen molar-refractivity contribution in [1.82, 2.24) is 0 Å². The molecule has 0 unspecified atom stereocenters. The minimum atomic E-state index is -0.498. The van der Waals surface area contributed by atoms with Crippen LogP contribution < -0.4 is 0 Å². The molecular weight excluding hydrogens is 238 g/mol. The van der Waals surface area contributed by atoms with Crippen molar-refractivity contribution in [2.75, 3.05) is 7.11 Å². The summed E-state index contributed by atoms with van der Waals surface area (Å²) in [5, 5.41) is 11.0. The van der Waals surface area contributed by atoms with E-state index in [1.807, 2.05) is 30.3 Å². The van der Waals surface area contributed by atoms with Gasteiger partial charge in [0.1, 0.15) is 0 Å². The van der Waals surface area contributed by atoms with Gasteiger partial charge in [-0.2, -0.15) is 5.26 Å². The van der Waals surface area contributed by atoms with Gasteiger partial charge in [0.15, 0.2) is 0 Å². The molecule has 1 aliphatic rings. The van der Waals surface area contributed by atoms with Crippen molar-refractivity contribution in [2.24, 2.45) is 0 Å². The van der Waals surface area contributed by atoms with E-state index in [-0.39, 0.29) is 5.97 Å². The highest BCUT2D eigenvalue weighted by molar-refractivity contribution is 5.97. The van der Waals surface area contributed by atoms with Crippen LogP contribution in [0.4, 0.5) is 0 Å². The van der Waals surface area contributed by atoms with Crippen LogP contribution >= 0.6 is 0 Å². The first-order valence-electron chi connectivity index (χ1n) is 6.24. The lowest BCUT2D eigenvalue weighted by Crippen LogP contribution is -2.22. The Morgan fingerprint density at radius 3 is 2.47 bits per heavy atom. The van der Waals surface area contributed by atoms with Crippen LogP contribution in [-0.4, -0.2) is 13.1 Å². The van der Waals surface area contributed by atoms with Crippen LogP contribution in [0.5, 0.6) is 0 Å². The molecular formula is C16H13NO2. The molecule has 19 heavy (non-hydrogen) atoms. The third-order valence-corrected chi connectivity index (χ3v) is 3.89. The number of ether oxygens (including phenoxy) is 1. The van der Waals surface area contributed by atoms with E-state index in [0.717, 1.165) is 29.2 Å². The predicted octanol–water partition coefficient (Wildman–Crippen LogP) is 2.92. The summed E-state index contributed by atoms with van der Waals surface area (Å²) in [6.45, 7) is 0. The number of fused-ring (bicyclic) bond motifs is 1. The minimum absolute atomic E-state index is 0.178. The molecule has 0 radical (unpaired) electrons. The van der Waals surface area contributed by atoms with Gasteiger partial charge in [-0.05, 0) is 35.2 Å². The van der Waals surface area contributed by atoms with Crippen LogP contribution in [0.1, 0.15) is 24.0 Å². The molecule has 3 nitrogen and oxygen atoms in total. The first kappa shape index (κ1) is 11.7. The smallest absolute Gasteiger partial charge is 0.316 e. The zero-order valence-electron chi connectivity index (χ0n) is 10.6. The molecule has 3 heteroatoms. The fourth-order valence-corrected chi connectivity index (χ4v) is 2.72. The van der Waals surface area contributed by atoms with Crippen LogP contribution in [0.15, 0.2) is 36.4 Å². The zero-order chi connectivity index (χ0) is 13.5. The second-order valence-electron chi connectivity index (χ2n) is 4.89. The Morgan fingerprint density at radius 2 is 1.89 bits per heavy atom. The molecule has 0 spiro atoms. The summed E-state index contributed by atoms with van der Waals surface area (Å²) in [6, 6.07) is 13.6. The summed E-state index contributed by atoms with van der Waals surface area (Å²) >= 11 is 0. The highest BCUT2D eigenvalue weighted by atomic mass is 16.5. The fraction of sp³-hybridized carbons (Fsp3) is 0.250. The molecule has 1 saturated carbocycles. The molecule has 0 aliphatic heterocycles. The predicted molar refractivity (Wildman–Crippen MR) is 71.6 cm³/mol. The molecule has 2 aromatic rings. The van der Waals surface area contributed by atoms with Gasteiger partial charge in [0.25, 0.3) is 0 Å². The van der Waals surface area contributed by atoms with Gasteiger partial charge >= 0.3 is 5.97 Å². The fourth-order valence-electron chi connectivity index (χ4n) is 2.72. The van der Waals surface area contributed by atoms with Gasteiger partial charge in [-0.25, -0.2) is 0 Å². The molecule has 1 fully saturated rings. The minimum Gasteiger partial charge on any atom is -0.468 e. The quantitative estimate of drug-likeness (QED) is 0.771. The molecule has 0 amide bonds. The number of rotatable bonds is 2. The van der Waals surface area contributed by atoms with Gasteiger partial charge in [-0.1, -0.05) is 30.3 Å². The lowest BCUT2D eigenvalue weighted by Gasteiger charge is -2.16. The highest BCUT2D eigenvalue weighted by Crippen LogP contribution is 2.51. The molecule has 0 heterocycles. The number of hydrogen-bond acceptors (Lipinski definition) is 3. The number of nitrogens with zero attached hydrogens (tertiary/aromatic N) is 1. The Morgan fingerprint density at radius 1 is 1.21 bits per heavy atom. The number of carbonyl (C=O) groups is 1. The van der Waals surface area contributed by atoms with Crippen LogP contribution in [0.3, 0.4) is 0 Å². The van der Waals surface area contributed by atoms with Crippen molar-refractivity contribution in [3.05, 3.63) is 47.5 Å². The molecule has 2 aromatic carbocycles. The molecule has 0 bridgehead atoms. The maximum Gasteiger partial charge on any atom is 0.316 e. The molecule has 1 aliphatic carbocycles. The Hall–Kier alpha value is -2.34. The standard InChI is InChI=1S/C16H13NO2/c1-19-15(18)16(8-9-16)14-7-6-11(10-17)12-4-2-3-5-13(12)14/h2-7H,8-9H2,1H3. The van der Waals surface area contributed by atoms with Crippen molar-refractivity contribution in [3.63, 3.8) is 0 Å². The van der Waals surface area contributed by atoms with Crippen molar-refractivity contribution in [2.45, 2.75) is 18.3 Å². The van der Waals surface area contributed by atoms with Gasteiger partial charge in [0, 0.05) is 0 Å². The van der Waals surface area contributed by atoms with Crippen LogP contribution in [0.25, 0.3) is 10.8 Å². The third kappa shape index (κ3) is 1.61. The van der Waals surface area contributed by atoms with E-state index in [2.05, 4.69) is 6.07 Å². The zero-order valence-corrected chi connectivity index (χ0v) is 10.6. The lowest BCUT2D eigenvalue weighted by atomic mass is 9.89. The summed E-state index contributed by atoms with van der Waals surface area (Å²) in [4.78, 5) is 12.0. The molecule has 0 N–H and O–H groups in total. The van der Waals surface area contributed by atoms with Crippen molar-refractivity contribution in [3.8, 4) is 6.07 Å². The Balaban J connectivity index is 2.27. The summed E-state index contributed by atoms with van der Waals surface area (Å²) in [5.74, 6) is -0.178. The maximum absolute atomic E-state index is 12.0. The molecule has 0 aromatic heterocycles. The first-order chi connectivity index (χ1) is 9.23. The summed E-state index contributed by atoms with van der Waals surface area (Å²) < 4.78 is 4.93. The van der Waals surface area contributed by atoms with Crippen molar-refractivity contribution >= 4 is 16.7 Å². The topological polar surface area (TPSA) is 50.1 Å². The van der Waals surface area contributed by atoms with Gasteiger partial charge in [-0.3, -0.25) is 4.79 Å². The number of methoxy groups -OCH3 is 1. The second-order valence-corrected chi connectivity index (χ2v) is 4.89. The summed E-state index contributed by atoms with van der Waals surface area (Å²) in [7, 11) is 1.42. The van der Waals surface area contributed by atoms with Crippen LogP contribution in [0, 0.1) is 11.3 Å². The van der Waals surface area contributed by atoms with Gasteiger partial charge in [-0.15, -0.1) is 0 Å². The molecule has 94 valence electrons. The number of esters is 1. The van der Waals surface area contributed by atoms with Gasteiger partial charge in [0.05, 0.1) is 24.2 Å². The Bertz CT molecular complexity index is 708. The third-order valence-electron chi connectivity index (χ3n) is 3.89. The second kappa shape index (κ2) is 4.10. The van der Waals surface area contributed by atoms with Gasteiger partial charge < -0.3 is 4.74 Å². The van der Waals surface area contributed by atoms with Crippen molar-refractivity contribution < 1.29 is 9.53 Å². The van der Waals surface area contributed by atoms with E-state index in [1.54, 1.807) is 6.07 Å². The number of hydrogen-bond donors (Lipinski definition) is 0. The Labute approximate surface area is 111 Å². The summed E-state index contributed by atoms with van der Waals surface area (Å²) in [6.07, 6.45) is 1.63. The van der Waals surface area contributed by atoms with E-state index >= 15 is 0 Å². The van der Waals surface area contributed by atoms with Crippen LogP contribution in [-0.2, 0) is 14.9 Å². The van der Waals surface area contributed by atoms with E-state index in [9.17, 15) is 4.79 Å². The Kier molecular flexibility index (Phi) is 2.53. The monoisotopic (exact) mass is 251 g/mol. The number of nitriles is 1. The van der Waals surface area contributed by atoms with Gasteiger partial charge in [0.2, 0.25) is 0 Å². The average Bonchev–Trinajstić information content (AvgIpc) is 3.26. The first-order valence-corrected chi connectivity index (χ1v) is 6.24. The number of carbonyl (C=O) groups excluding carboxylic acids is 1. The lowest BCUT2D eigenvalue weighted by molar-refractivity contribution is -0.143. The number of benzene rings is 2. The molecule has 0 atom stereocenters.